The molecule has 0 saturated carbocycles. The van der Waals surface area contributed by atoms with Crippen molar-refractivity contribution in [2.24, 2.45) is 5.73 Å². The van der Waals surface area contributed by atoms with Crippen molar-refractivity contribution in [1.29, 1.82) is 0 Å². The summed E-state index contributed by atoms with van der Waals surface area (Å²) in [5.41, 5.74) is 10.5. The Hall–Kier alpha value is -3.60. The van der Waals surface area contributed by atoms with Crippen LogP contribution in [0.2, 0.25) is 0 Å². The first-order valence-electron chi connectivity index (χ1n) is 7.78. The molecule has 0 fully saturated rings. The molecular weight excluding hydrogens is 314 g/mol. The topological polar surface area (TPSA) is 80.6 Å². The number of hydrogen-bond acceptors (Lipinski definition) is 3. The van der Waals surface area contributed by atoms with Crippen LogP contribution < -0.4 is 5.73 Å². The zero-order valence-electron chi connectivity index (χ0n) is 13.3. The number of phenols is 1. The fraction of sp³-hybridized carbons (Fsp3) is 0. The van der Waals surface area contributed by atoms with Gasteiger partial charge in [-0.2, -0.15) is 0 Å². The standard InChI is InChI=1S/C20H15N3O2/c21-20(25)15-3-1-13(2-4-15)16-7-10-19-22-11-18(23(19)12-16)14-5-8-17(24)9-6-14/h1-12,24H,(H2,21,25). The van der Waals surface area contributed by atoms with Gasteiger partial charge in [0.1, 0.15) is 11.4 Å². The third-order valence-electron chi connectivity index (χ3n) is 4.17. The molecule has 5 heteroatoms. The monoisotopic (exact) mass is 329 g/mol. The Balaban J connectivity index is 1.80. The number of aromatic hydroxyl groups is 1. The van der Waals surface area contributed by atoms with E-state index >= 15 is 0 Å². The summed E-state index contributed by atoms with van der Waals surface area (Å²) in [7, 11) is 0. The summed E-state index contributed by atoms with van der Waals surface area (Å²) in [6, 6.07) is 18.1. The number of hydrogen-bond donors (Lipinski definition) is 2. The van der Waals surface area contributed by atoms with Crippen molar-refractivity contribution in [2.45, 2.75) is 0 Å². The fourth-order valence-corrected chi connectivity index (χ4v) is 2.82. The lowest BCUT2D eigenvalue weighted by atomic mass is 10.1. The summed E-state index contributed by atoms with van der Waals surface area (Å²) in [5, 5.41) is 9.47. The first-order chi connectivity index (χ1) is 12.1. The second kappa shape index (κ2) is 5.79. The van der Waals surface area contributed by atoms with Gasteiger partial charge in [0.2, 0.25) is 5.91 Å². The summed E-state index contributed by atoms with van der Waals surface area (Å²) in [4.78, 5) is 15.6. The predicted octanol–water partition coefficient (Wildman–Crippen LogP) is 3.47. The van der Waals surface area contributed by atoms with Crippen molar-refractivity contribution in [3.05, 3.63) is 78.6 Å². The number of nitrogens with two attached hydrogens (primary N) is 1. The quantitative estimate of drug-likeness (QED) is 0.604. The zero-order valence-corrected chi connectivity index (χ0v) is 13.3. The molecule has 0 bridgehead atoms. The van der Waals surface area contributed by atoms with E-state index in [1.165, 1.54) is 0 Å². The van der Waals surface area contributed by atoms with E-state index in [0.29, 0.717) is 5.56 Å². The molecule has 0 radical (unpaired) electrons. The van der Waals surface area contributed by atoms with E-state index in [1.54, 1.807) is 24.3 Å². The van der Waals surface area contributed by atoms with E-state index in [-0.39, 0.29) is 5.75 Å². The van der Waals surface area contributed by atoms with Crippen LogP contribution >= 0.6 is 0 Å². The smallest absolute Gasteiger partial charge is 0.248 e. The van der Waals surface area contributed by atoms with Gasteiger partial charge in [0.15, 0.2) is 0 Å². The molecule has 2 aromatic heterocycles. The van der Waals surface area contributed by atoms with E-state index in [4.69, 9.17) is 5.73 Å². The molecule has 25 heavy (non-hydrogen) atoms. The lowest BCUT2D eigenvalue weighted by Crippen LogP contribution is -2.10. The van der Waals surface area contributed by atoms with Crippen LogP contribution in [-0.2, 0) is 0 Å². The molecule has 0 unspecified atom stereocenters. The van der Waals surface area contributed by atoms with Crippen molar-refractivity contribution >= 4 is 11.6 Å². The maximum atomic E-state index is 11.2. The normalized spacial score (nSPS) is 10.9. The molecule has 0 saturated heterocycles. The molecule has 0 aliphatic carbocycles. The van der Waals surface area contributed by atoms with Gasteiger partial charge in [0.05, 0.1) is 11.9 Å². The molecule has 4 rings (SSSR count). The Morgan fingerprint density at radius 3 is 2.20 bits per heavy atom. The molecule has 3 N–H and O–H groups in total. The van der Waals surface area contributed by atoms with Gasteiger partial charge in [0.25, 0.3) is 0 Å². The maximum Gasteiger partial charge on any atom is 0.248 e. The van der Waals surface area contributed by atoms with Gasteiger partial charge in [0, 0.05) is 17.3 Å². The number of carbonyl (C=O) groups is 1. The van der Waals surface area contributed by atoms with Crippen LogP contribution in [0.15, 0.2) is 73.1 Å². The molecule has 2 heterocycles. The number of imidazole rings is 1. The lowest BCUT2D eigenvalue weighted by molar-refractivity contribution is 0.100. The van der Waals surface area contributed by atoms with Gasteiger partial charge in [-0.15, -0.1) is 0 Å². The van der Waals surface area contributed by atoms with E-state index in [9.17, 15) is 9.90 Å². The maximum absolute atomic E-state index is 11.2. The summed E-state index contributed by atoms with van der Waals surface area (Å²) in [6.45, 7) is 0. The van der Waals surface area contributed by atoms with Crippen LogP contribution in [0.1, 0.15) is 10.4 Å². The minimum atomic E-state index is -0.439. The molecule has 5 nitrogen and oxygen atoms in total. The molecule has 0 aliphatic rings. The average molecular weight is 329 g/mol. The Labute approximate surface area is 144 Å². The van der Waals surface area contributed by atoms with Crippen LogP contribution in [0.25, 0.3) is 28.0 Å². The fourth-order valence-electron chi connectivity index (χ4n) is 2.82. The van der Waals surface area contributed by atoms with E-state index < -0.39 is 5.91 Å². The summed E-state index contributed by atoms with van der Waals surface area (Å²) in [6.07, 6.45) is 3.81. The van der Waals surface area contributed by atoms with Gasteiger partial charge >= 0.3 is 0 Å². The third kappa shape index (κ3) is 2.72. The number of fused-ring (bicyclic) bond motifs is 1. The van der Waals surface area contributed by atoms with Crippen LogP contribution in [-0.4, -0.2) is 20.4 Å². The minimum absolute atomic E-state index is 0.229. The van der Waals surface area contributed by atoms with Crippen LogP contribution in [0.5, 0.6) is 5.75 Å². The molecule has 0 atom stereocenters. The van der Waals surface area contributed by atoms with Gasteiger partial charge in [-0.1, -0.05) is 12.1 Å². The summed E-state index contributed by atoms with van der Waals surface area (Å²) < 4.78 is 2.00. The molecule has 122 valence electrons. The number of nitrogens with zero attached hydrogens (tertiary/aromatic N) is 2. The number of phenolic OH excluding ortho intramolecular Hbond substituents is 1. The third-order valence-corrected chi connectivity index (χ3v) is 4.17. The number of primary amides is 1. The van der Waals surface area contributed by atoms with Gasteiger partial charge < -0.3 is 10.8 Å². The number of amides is 1. The van der Waals surface area contributed by atoms with Crippen LogP contribution in [0.4, 0.5) is 0 Å². The number of pyridine rings is 1. The van der Waals surface area contributed by atoms with Crippen molar-refractivity contribution in [1.82, 2.24) is 9.38 Å². The molecule has 0 aliphatic heterocycles. The Morgan fingerprint density at radius 2 is 1.52 bits per heavy atom. The second-order valence-corrected chi connectivity index (χ2v) is 5.78. The lowest BCUT2D eigenvalue weighted by Gasteiger charge is -2.07. The highest BCUT2D eigenvalue weighted by atomic mass is 16.3. The van der Waals surface area contributed by atoms with Gasteiger partial charge in [-0.05, 0) is 59.7 Å². The van der Waals surface area contributed by atoms with Crippen LogP contribution in [0, 0.1) is 0 Å². The largest absolute Gasteiger partial charge is 0.508 e. The first kappa shape index (κ1) is 15.0. The predicted molar refractivity (Wildman–Crippen MR) is 96.2 cm³/mol. The minimum Gasteiger partial charge on any atom is -0.508 e. The second-order valence-electron chi connectivity index (χ2n) is 5.78. The SMILES string of the molecule is NC(=O)c1ccc(-c2ccc3ncc(-c4ccc(O)cc4)n3c2)cc1. The number of aromatic nitrogens is 2. The Bertz CT molecular complexity index is 1060. The van der Waals surface area contributed by atoms with E-state index in [2.05, 4.69) is 4.98 Å². The van der Waals surface area contributed by atoms with Crippen molar-refractivity contribution < 1.29 is 9.90 Å². The van der Waals surface area contributed by atoms with Crippen LogP contribution in [0.3, 0.4) is 0 Å². The first-order valence-corrected chi connectivity index (χ1v) is 7.78. The molecule has 2 aromatic carbocycles. The molecular formula is C20H15N3O2. The Kier molecular flexibility index (Phi) is 3.47. The highest BCUT2D eigenvalue weighted by Gasteiger charge is 2.08. The highest BCUT2D eigenvalue weighted by molar-refractivity contribution is 5.93. The van der Waals surface area contributed by atoms with Gasteiger partial charge in [-0.25, -0.2) is 4.98 Å². The van der Waals surface area contributed by atoms with Gasteiger partial charge in [-0.3, -0.25) is 9.20 Å². The highest BCUT2D eigenvalue weighted by Crippen LogP contribution is 2.26. The summed E-state index contributed by atoms with van der Waals surface area (Å²) >= 11 is 0. The van der Waals surface area contributed by atoms with Crippen molar-refractivity contribution in [3.63, 3.8) is 0 Å². The molecule has 0 spiro atoms. The number of rotatable bonds is 3. The number of carbonyl (C=O) groups excluding carboxylic acids is 1. The Morgan fingerprint density at radius 1 is 0.880 bits per heavy atom. The summed E-state index contributed by atoms with van der Waals surface area (Å²) in [5.74, 6) is -0.209. The average Bonchev–Trinajstić information content (AvgIpc) is 3.05. The number of benzene rings is 2. The van der Waals surface area contributed by atoms with Crippen molar-refractivity contribution in [3.8, 4) is 28.1 Å². The van der Waals surface area contributed by atoms with Crippen molar-refractivity contribution in [2.75, 3.05) is 0 Å². The molecule has 1 amide bonds. The van der Waals surface area contributed by atoms with E-state index in [1.807, 2.05) is 53.2 Å². The molecule has 4 aromatic rings. The van der Waals surface area contributed by atoms with E-state index in [0.717, 1.165) is 28.0 Å². The zero-order chi connectivity index (χ0) is 17.4.